The first-order valence-electron chi connectivity index (χ1n) is 8.29. The lowest BCUT2D eigenvalue weighted by Crippen LogP contribution is -2.41. The molecule has 29 heavy (non-hydrogen) atoms. The number of thiazole rings is 1. The molecule has 3 aromatic rings. The largest absolute Gasteiger partial charge is 0.278 e. The lowest BCUT2D eigenvalue weighted by atomic mass is 10.2. The Morgan fingerprint density at radius 1 is 1.14 bits per heavy atom. The normalized spacial score (nSPS) is 11.2. The zero-order chi connectivity index (χ0) is 21.2. The number of amides is 1. The highest BCUT2D eigenvalue weighted by molar-refractivity contribution is 7.89. The molecule has 150 valence electrons. The van der Waals surface area contributed by atoms with Crippen molar-refractivity contribution in [2.75, 3.05) is 0 Å². The number of nitrogens with zero attached hydrogens (tertiary/aromatic N) is 2. The molecule has 9 nitrogen and oxygen atoms in total. The van der Waals surface area contributed by atoms with E-state index in [4.69, 9.17) is 0 Å². The van der Waals surface area contributed by atoms with Crippen molar-refractivity contribution < 1.29 is 18.1 Å². The molecule has 1 aromatic heterocycles. The first-order chi connectivity index (χ1) is 13.7. The molecule has 0 aliphatic rings. The van der Waals surface area contributed by atoms with E-state index in [1.807, 2.05) is 35.2 Å². The van der Waals surface area contributed by atoms with E-state index in [0.717, 1.165) is 23.0 Å². The molecule has 0 saturated carbocycles. The number of nitro groups is 1. The maximum absolute atomic E-state index is 12.4. The van der Waals surface area contributed by atoms with E-state index in [-0.39, 0.29) is 15.5 Å². The molecular weight excluding hydrogens is 416 g/mol. The number of aryl methyl sites for hydroxylation is 2. The van der Waals surface area contributed by atoms with Crippen molar-refractivity contribution in [2.45, 2.75) is 18.7 Å². The number of nitrogens with one attached hydrogen (secondary N) is 2. The van der Waals surface area contributed by atoms with E-state index >= 15 is 0 Å². The summed E-state index contributed by atoms with van der Waals surface area (Å²) >= 11 is 1.13. The van der Waals surface area contributed by atoms with Gasteiger partial charge in [0.15, 0.2) is 0 Å². The van der Waals surface area contributed by atoms with E-state index in [1.165, 1.54) is 19.1 Å². The van der Waals surface area contributed by atoms with Gasteiger partial charge in [-0.05, 0) is 19.9 Å². The average Bonchev–Trinajstić information content (AvgIpc) is 3.08. The monoisotopic (exact) mass is 432 g/mol. The molecule has 0 aliphatic carbocycles. The van der Waals surface area contributed by atoms with Crippen molar-refractivity contribution >= 4 is 33.0 Å². The van der Waals surface area contributed by atoms with Crippen LogP contribution in [0.3, 0.4) is 0 Å². The molecule has 0 unspecified atom stereocenters. The number of sulfonamides is 1. The molecule has 0 atom stereocenters. The van der Waals surface area contributed by atoms with Crippen molar-refractivity contribution in [3.8, 4) is 10.6 Å². The average molecular weight is 432 g/mol. The lowest BCUT2D eigenvalue weighted by molar-refractivity contribution is -0.385. The van der Waals surface area contributed by atoms with E-state index in [1.54, 1.807) is 6.92 Å². The van der Waals surface area contributed by atoms with Gasteiger partial charge in [0.05, 0.1) is 15.5 Å². The van der Waals surface area contributed by atoms with Gasteiger partial charge in [-0.3, -0.25) is 20.3 Å². The first kappa shape index (κ1) is 20.6. The second-order valence-corrected chi connectivity index (χ2v) is 8.75. The highest BCUT2D eigenvalue weighted by atomic mass is 32.2. The van der Waals surface area contributed by atoms with Crippen LogP contribution in [-0.4, -0.2) is 24.2 Å². The first-order valence-corrected chi connectivity index (χ1v) is 10.6. The molecule has 11 heteroatoms. The van der Waals surface area contributed by atoms with Gasteiger partial charge in [-0.2, -0.15) is 0 Å². The number of benzene rings is 2. The molecule has 0 saturated heterocycles. The molecule has 2 N–H and O–H groups in total. The Balaban J connectivity index is 1.78. The Morgan fingerprint density at radius 2 is 1.83 bits per heavy atom. The number of hydrogen-bond donors (Lipinski definition) is 2. The van der Waals surface area contributed by atoms with Crippen molar-refractivity contribution in [3.63, 3.8) is 0 Å². The summed E-state index contributed by atoms with van der Waals surface area (Å²) in [6, 6.07) is 12.8. The molecule has 2 aromatic carbocycles. The zero-order valence-electron chi connectivity index (χ0n) is 15.4. The third kappa shape index (κ3) is 4.47. The van der Waals surface area contributed by atoms with Crippen molar-refractivity contribution in [1.29, 1.82) is 0 Å². The summed E-state index contributed by atoms with van der Waals surface area (Å²) in [4.78, 5) is 29.0. The van der Waals surface area contributed by atoms with Crippen molar-refractivity contribution in [2.24, 2.45) is 0 Å². The fourth-order valence-corrected chi connectivity index (χ4v) is 4.32. The van der Waals surface area contributed by atoms with Crippen LogP contribution in [0.25, 0.3) is 10.6 Å². The smallest absolute Gasteiger partial charge is 0.273 e. The van der Waals surface area contributed by atoms with Gasteiger partial charge in [0, 0.05) is 17.2 Å². The predicted molar refractivity (Wildman–Crippen MR) is 108 cm³/mol. The van der Waals surface area contributed by atoms with Crippen molar-refractivity contribution in [3.05, 3.63) is 74.8 Å². The zero-order valence-corrected chi connectivity index (χ0v) is 17.0. The lowest BCUT2D eigenvalue weighted by Gasteiger charge is -2.08. The van der Waals surface area contributed by atoms with Gasteiger partial charge in [-0.15, -0.1) is 16.2 Å². The standard InChI is InChI=1S/C18H16N4O5S2/c1-11-8-9-14(10-15(11)22(24)25)29(26,27)21-20-17(23)16-12(2)19-18(28-16)13-6-4-3-5-7-13/h3-10,21H,1-2H3,(H,20,23). The number of carbonyl (C=O) groups excluding carboxylic acids is 1. The van der Waals surface area contributed by atoms with Gasteiger partial charge in [0.1, 0.15) is 9.88 Å². The van der Waals surface area contributed by atoms with E-state index in [2.05, 4.69) is 10.4 Å². The minimum absolute atomic E-state index is 0.251. The number of hydrazine groups is 1. The molecule has 1 heterocycles. The number of nitro benzene ring substituents is 1. The van der Waals surface area contributed by atoms with Crippen LogP contribution in [0.2, 0.25) is 0 Å². The second-order valence-electron chi connectivity index (χ2n) is 6.06. The molecule has 0 spiro atoms. The van der Waals surface area contributed by atoms with Gasteiger partial charge in [-0.1, -0.05) is 36.4 Å². The highest BCUT2D eigenvalue weighted by Gasteiger charge is 2.22. The Morgan fingerprint density at radius 3 is 2.48 bits per heavy atom. The Bertz CT molecular complexity index is 1190. The summed E-state index contributed by atoms with van der Waals surface area (Å²) in [5.41, 5.74) is 3.42. The van der Waals surface area contributed by atoms with Crippen LogP contribution >= 0.6 is 11.3 Å². The summed E-state index contributed by atoms with van der Waals surface area (Å²) in [5.74, 6) is -0.674. The molecule has 3 rings (SSSR count). The SMILES string of the molecule is Cc1ccc(S(=O)(=O)NNC(=O)c2sc(-c3ccccc3)nc2C)cc1[N+](=O)[O-]. The van der Waals surface area contributed by atoms with E-state index in [0.29, 0.717) is 16.3 Å². The third-order valence-corrected chi connectivity index (χ3v) is 6.46. The quantitative estimate of drug-likeness (QED) is 0.455. The van der Waals surface area contributed by atoms with Gasteiger partial charge < -0.3 is 0 Å². The van der Waals surface area contributed by atoms with E-state index < -0.39 is 20.9 Å². The summed E-state index contributed by atoms with van der Waals surface area (Å²) in [6.45, 7) is 3.15. The molecular formula is C18H16N4O5S2. The van der Waals surface area contributed by atoms with Gasteiger partial charge >= 0.3 is 0 Å². The van der Waals surface area contributed by atoms with Crippen LogP contribution in [0, 0.1) is 24.0 Å². The second kappa shape index (κ2) is 8.07. The number of hydrogen-bond acceptors (Lipinski definition) is 7. The Kier molecular flexibility index (Phi) is 5.73. The van der Waals surface area contributed by atoms with Gasteiger partial charge in [0.25, 0.3) is 21.6 Å². The number of rotatable bonds is 6. The van der Waals surface area contributed by atoms with Crippen LogP contribution < -0.4 is 10.3 Å². The van der Waals surface area contributed by atoms with Crippen LogP contribution in [0.15, 0.2) is 53.4 Å². The predicted octanol–water partition coefficient (Wildman–Crippen LogP) is 2.96. The van der Waals surface area contributed by atoms with Gasteiger partial charge in [0.2, 0.25) is 0 Å². The molecule has 0 radical (unpaired) electrons. The van der Waals surface area contributed by atoms with Gasteiger partial charge in [-0.25, -0.2) is 13.4 Å². The van der Waals surface area contributed by atoms with Crippen LogP contribution in [-0.2, 0) is 10.0 Å². The fraction of sp³-hybridized carbons (Fsp3) is 0.111. The third-order valence-electron chi connectivity index (χ3n) is 4.01. The van der Waals surface area contributed by atoms with Crippen molar-refractivity contribution in [1.82, 2.24) is 15.2 Å². The molecule has 0 bridgehead atoms. The number of carbonyl (C=O) groups is 1. The Labute approximate surface area is 170 Å². The Hall–Kier alpha value is -3.15. The summed E-state index contributed by atoms with van der Waals surface area (Å²) in [6.07, 6.45) is 0. The maximum atomic E-state index is 12.4. The minimum Gasteiger partial charge on any atom is -0.273 e. The summed E-state index contributed by atoms with van der Waals surface area (Å²) in [5, 5.41) is 11.7. The summed E-state index contributed by atoms with van der Waals surface area (Å²) in [7, 11) is -4.20. The van der Waals surface area contributed by atoms with Crippen LogP contribution in [0.5, 0.6) is 0 Å². The molecule has 0 aliphatic heterocycles. The topological polar surface area (TPSA) is 131 Å². The number of aromatic nitrogens is 1. The molecule has 0 fully saturated rings. The summed E-state index contributed by atoms with van der Waals surface area (Å²) < 4.78 is 24.8. The van der Waals surface area contributed by atoms with Crippen LogP contribution in [0.1, 0.15) is 20.9 Å². The van der Waals surface area contributed by atoms with Crippen LogP contribution in [0.4, 0.5) is 5.69 Å². The maximum Gasteiger partial charge on any atom is 0.278 e. The fourth-order valence-electron chi connectivity index (χ4n) is 2.49. The highest BCUT2D eigenvalue weighted by Crippen LogP contribution is 2.27. The minimum atomic E-state index is -4.20. The molecule has 1 amide bonds. The van der Waals surface area contributed by atoms with E-state index in [9.17, 15) is 23.3 Å².